The lowest BCUT2D eigenvalue weighted by molar-refractivity contribution is 0.0698. The van der Waals surface area contributed by atoms with Gasteiger partial charge in [-0.3, -0.25) is 0 Å². The molecule has 0 aromatic heterocycles. The summed E-state index contributed by atoms with van der Waals surface area (Å²) in [6, 6.07) is 6.52. The lowest BCUT2D eigenvalue weighted by Gasteiger charge is -2.03. The third kappa shape index (κ3) is 1.90. The fourth-order valence-corrected chi connectivity index (χ4v) is 1.10. The predicted molar refractivity (Wildman–Crippen MR) is 52.5 cm³/mol. The third-order valence-corrected chi connectivity index (χ3v) is 1.68. The molecule has 0 saturated carbocycles. The van der Waals surface area contributed by atoms with E-state index >= 15 is 0 Å². The quantitative estimate of drug-likeness (QED) is 0.543. The van der Waals surface area contributed by atoms with Crippen LogP contribution in [0.2, 0.25) is 0 Å². The maximum absolute atomic E-state index is 10.8. The monoisotopic (exact) mass is 188 g/mol. The number of allylic oxidation sites excluding steroid dienone is 1. The van der Waals surface area contributed by atoms with Crippen LogP contribution >= 0.6 is 0 Å². The van der Waals surface area contributed by atoms with E-state index in [-0.39, 0.29) is 11.3 Å². The van der Waals surface area contributed by atoms with Gasteiger partial charge >= 0.3 is 5.97 Å². The van der Waals surface area contributed by atoms with E-state index in [1.165, 1.54) is 18.2 Å². The molecule has 0 amide bonds. The summed E-state index contributed by atoms with van der Waals surface area (Å²) in [6.07, 6.45) is 2.63. The summed E-state index contributed by atoms with van der Waals surface area (Å²) in [5.41, 5.74) is 6.15. The van der Waals surface area contributed by atoms with Gasteiger partial charge in [0.05, 0.1) is 11.6 Å². The molecule has 4 heteroatoms. The molecule has 1 rings (SSSR count). The fraction of sp³-hybridized carbons (Fsp3) is 0. The zero-order chi connectivity index (χ0) is 10.6. The first-order valence-electron chi connectivity index (χ1n) is 3.84. The molecule has 0 radical (unpaired) electrons. The minimum absolute atomic E-state index is 0.0269. The highest BCUT2D eigenvalue weighted by atomic mass is 16.4. The Morgan fingerprint density at radius 3 is 2.86 bits per heavy atom. The molecule has 3 N–H and O–H groups in total. The van der Waals surface area contributed by atoms with E-state index in [9.17, 15) is 4.79 Å². The highest BCUT2D eigenvalue weighted by Crippen LogP contribution is 2.18. The van der Waals surface area contributed by atoms with Crippen LogP contribution in [0.5, 0.6) is 0 Å². The number of carbonyl (C=O) groups is 1. The van der Waals surface area contributed by atoms with Gasteiger partial charge in [-0.1, -0.05) is 12.1 Å². The van der Waals surface area contributed by atoms with Crippen LogP contribution in [0, 0.1) is 11.3 Å². The number of carboxylic acid groups (broad SMARTS) is 1. The van der Waals surface area contributed by atoms with E-state index < -0.39 is 5.97 Å². The van der Waals surface area contributed by atoms with E-state index in [0.29, 0.717) is 5.56 Å². The van der Waals surface area contributed by atoms with Gasteiger partial charge in [-0.05, 0) is 17.7 Å². The van der Waals surface area contributed by atoms with Gasteiger partial charge in [0, 0.05) is 11.8 Å². The van der Waals surface area contributed by atoms with Crippen LogP contribution in [-0.4, -0.2) is 11.1 Å². The highest BCUT2D eigenvalue weighted by Gasteiger charge is 2.10. The minimum atomic E-state index is -1.10. The van der Waals surface area contributed by atoms with Crippen LogP contribution in [0.4, 0.5) is 5.69 Å². The Kier molecular flexibility index (Phi) is 2.87. The summed E-state index contributed by atoms with van der Waals surface area (Å²) in [7, 11) is 0. The van der Waals surface area contributed by atoms with Gasteiger partial charge in [0.2, 0.25) is 0 Å². The van der Waals surface area contributed by atoms with Gasteiger partial charge in [0.1, 0.15) is 0 Å². The molecule has 0 aliphatic carbocycles. The van der Waals surface area contributed by atoms with Crippen LogP contribution in [-0.2, 0) is 0 Å². The molecule has 1 aromatic carbocycles. The van der Waals surface area contributed by atoms with Gasteiger partial charge in [0.15, 0.2) is 0 Å². The largest absolute Gasteiger partial charge is 0.478 e. The van der Waals surface area contributed by atoms with Gasteiger partial charge in [-0.25, -0.2) is 4.79 Å². The first-order valence-corrected chi connectivity index (χ1v) is 3.84. The lowest BCUT2D eigenvalue weighted by Crippen LogP contribution is -2.04. The molecule has 0 saturated heterocycles. The van der Waals surface area contributed by atoms with Crippen molar-refractivity contribution >= 4 is 17.7 Å². The average molecular weight is 188 g/mol. The van der Waals surface area contributed by atoms with Gasteiger partial charge < -0.3 is 10.8 Å². The van der Waals surface area contributed by atoms with E-state index in [1.54, 1.807) is 18.2 Å². The first-order chi connectivity index (χ1) is 6.66. The number of carboxylic acids is 1. The summed E-state index contributed by atoms with van der Waals surface area (Å²) >= 11 is 0. The number of anilines is 1. The second kappa shape index (κ2) is 4.10. The SMILES string of the molecule is N#CC=Cc1cccc(N)c1C(=O)O. The Hall–Kier alpha value is -2.28. The maximum Gasteiger partial charge on any atom is 0.338 e. The van der Waals surface area contributed by atoms with E-state index in [2.05, 4.69) is 0 Å². The van der Waals surface area contributed by atoms with Crippen LogP contribution in [0.25, 0.3) is 6.08 Å². The van der Waals surface area contributed by atoms with Gasteiger partial charge in [-0.2, -0.15) is 5.26 Å². The molecule has 0 aliphatic rings. The summed E-state index contributed by atoms with van der Waals surface area (Å²) in [6.45, 7) is 0. The Labute approximate surface area is 80.9 Å². The van der Waals surface area contributed by atoms with Crippen LogP contribution in [0.3, 0.4) is 0 Å². The molecule has 0 heterocycles. The number of aromatic carboxylic acids is 1. The number of benzene rings is 1. The average Bonchev–Trinajstić information content (AvgIpc) is 2.14. The maximum atomic E-state index is 10.8. The molecular formula is C10H8N2O2. The molecular weight excluding hydrogens is 180 g/mol. The van der Waals surface area contributed by atoms with Crippen molar-refractivity contribution in [2.45, 2.75) is 0 Å². The van der Waals surface area contributed by atoms with Crippen molar-refractivity contribution in [3.63, 3.8) is 0 Å². The predicted octanol–water partition coefficient (Wildman–Crippen LogP) is 1.50. The fourth-order valence-electron chi connectivity index (χ4n) is 1.10. The van der Waals surface area contributed by atoms with Crippen molar-refractivity contribution in [1.82, 2.24) is 0 Å². The van der Waals surface area contributed by atoms with Crippen LogP contribution in [0.15, 0.2) is 24.3 Å². The zero-order valence-corrected chi connectivity index (χ0v) is 7.27. The highest BCUT2D eigenvalue weighted by molar-refractivity contribution is 5.97. The number of hydrogen-bond acceptors (Lipinski definition) is 3. The smallest absolute Gasteiger partial charge is 0.338 e. The summed E-state index contributed by atoms with van der Waals surface area (Å²) < 4.78 is 0. The van der Waals surface area contributed by atoms with Crippen LogP contribution < -0.4 is 5.73 Å². The first kappa shape index (κ1) is 9.81. The standard InChI is InChI=1S/C10H8N2O2/c11-6-2-4-7-3-1-5-8(12)9(7)10(13)14/h1-5H,12H2,(H,13,14). The minimum Gasteiger partial charge on any atom is -0.478 e. The summed E-state index contributed by atoms with van der Waals surface area (Å²) in [5, 5.41) is 17.2. The van der Waals surface area contributed by atoms with Crippen molar-refractivity contribution in [1.29, 1.82) is 5.26 Å². The molecule has 0 unspecified atom stereocenters. The number of hydrogen-bond donors (Lipinski definition) is 2. The summed E-state index contributed by atoms with van der Waals surface area (Å²) in [4.78, 5) is 10.8. The Bertz CT molecular complexity index is 430. The molecule has 0 spiro atoms. The third-order valence-electron chi connectivity index (χ3n) is 1.68. The van der Waals surface area contributed by atoms with Crippen molar-refractivity contribution in [2.75, 3.05) is 5.73 Å². The van der Waals surface area contributed by atoms with Gasteiger partial charge in [0.25, 0.3) is 0 Å². The second-order valence-electron chi connectivity index (χ2n) is 2.58. The van der Waals surface area contributed by atoms with Crippen molar-refractivity contribution < 1.29 is 9.90 Å². The van der Waals surface area contributed by atoms with Crippen LogP contribution in [0.1, 0.15) is 15.9 Å². The van der Waals surface area contributed by atoms with Crippen molar-refractivity contribution in [3.8, 4) is 6.07 Å². The molecule has 1 aromatic rings. The number of rotatable bonds is 2. The van der Waals surface area contributed by atoms with E-state index in [1.807, 2.05) is 0 Å². The Morgan fingerprint density at radius 1 is 1.57 bits per heavy atom. The number of nitrogens with two attached hydrogens (primary N) is 1. The van der Waals surface area contributed by atoms with Gasteiger partial charge in [-0.15, -0.1) is 0 Å². The van der Waals surface area contributed by atoms with E-state index in [4.69, 9.17) is 16.1 Å². The second-order valence-corrected chi connectivity index (χ2v) is 2.58. The zero-order valence-electron chi connectivity index (χ0n) is 7.27. The lowest BCUT2D eigenvalue weighted by atomic mass is 10.1. The van der Waals surface area contributed by atoms with Crippen molar-refractivity contribution in [2.24, 2.45) is 0 Å². The molecule has 0 fully saturated rings. The Morgan fingerprint density at radius 2 is 2.29 bits per heavy atom. The number of nitrogen functional groups attached to an aromatic ring is 1. The normalized spacial score (nSPS) is 9.93. The van der Waals surface area contributed by atoms with Crippen molar-refractivity contribution in [3.05, 3.63) is 35.4 Å². The molecule has 0 aliphatic heterocycles. The molecule has 4 nitrogen and oxygen atoms in total. The topological polar surface area (TPSA) is 87.1 Å². The number of nitrogens with zero attached hydrogens (tertiary/aromatic N) is 1. The molecule has 70 valence electrons. The summed E-state index contributed by atoms with van der Waals surface area (Å²) in [5.74, 6) is -1.10. The molecule has 0 bridgehead atoms. The van der Waals surface area contributed by atoms with E-state index in [0.717, 1.165) is 0 Å². The molecule has 14 heavy (non-hydrogen) atoms. The molecule has 0 atom stereocenters. The number of nitriles is 1. The Balaban J connectivity index is 3.30.